The van der Waals surface area contributed by atoms with E-state index in [1.807, 2.05) is 6.07 Å². The second-order valence-electron chi connectivity index (χ2n) is 7.51. The monoisotopic (exact) mass is 348 g/mol. The van der Waals surface area contributed by atoms with E-state index in [2.05, 4.69) is 35.4 Å². The standard InChI is InChI=1S/C19H32N4O2/c1-3-20-18(22-13-19(2)14-24-15-19)21-12-16(17-8-7-11-25-17)23-9-5-4-6-10-23/h7-8,11,16H,3-6,9-10,12-15H2,1-2H3,(H2,20,21,22). The van der Waals surface area contributed by atoms with Crippen LogP contribution in [-0.2, 0) is 4.74 Å². The van der Waals surface area contributed by atoms with E-state index in [4.69, 9.17) is 14.1 Å². The van der Waals surface area contributed by atoms with Crippen molar-refractivity contribution in [2.75, 3.05) is 45.9 Å². The third-order valence-corrected chi connectivity index (χ3v) is 5.03. The highest BCUT2D eigenvalue weighted by Crippen LogP contribution is 2.27. The minimum absolute atomic E-state index is 0.190. The molecule has 3 rings (SSSR count). The molecule has 2 saturated heterocycles. The first-order valence-electron chi connectivity index (χ1n) is 9.57. The number of guanidine groups is 1. The largest absolute Gasteiger partial charge is 0.468 e. The fourth-order valence-corrected chi connectivity index (χ4v) is 3.47. The number of hydrogen-bond acceptors (Lipinski definition) is 4. The molecule has 0 bridgehead atoms. The van der Waals surface area contributed by atoms with Crippen molar-refractivity contribution in [1.82, 2.24) is 15.5 Å². The van der Waals surface area contributed by atoms with E-state index in [9.17, 15) is 0 Å². The zero-order chi connectivity index (χ0) is 17.5. The highest BCUT2D eigenvalue weighted by molar-refractivity contribution is 5.79. The Balaban J connectivity index is 1.62. The molecule has 2 aliphatic rings. The SMILES string of the molecule is CCNC(=NCC1(C)COC1)NCC(c1ccco1)N1CCCCC1. The normalized spacial score (nSPS) is 22.2. The van der Waals surface area contributed by atoms with Gasteiger partial charge in [0.1, 0.15) is 5.76 Å². The van der Waals surface area contributed by atoms with E-state index in [-0.39, 0.29) is 11.5 Å². The first-order valence-corrected chi connectivity index (χ1v) is 9.57. The van der Waals surface area contributed by atoms with Gasteiger partial charge in [0.25, 0.3) is 0 Å². The van der Waals surface area contributed by atoms with Crippen LogP contribution in [0, 0.1) is 5.41 Å². The molecule has 140 valence electrons. The van der Waals surface area contributed by atoms with Crippen LogP contribution < -0.4 is 10.6 Å². The molecular weight excluding hydrogens is 316 g/mol. The summed E-state index contributed by atoms with van der Waals surface area (Å²) in [6.07, 6.45) is 5.63. The number of furan rings is 1. The summed E-state index contributed by atoms with van der Waals surface area (Å²) in [5.41, 5.74) is 0.190. The lowest BCUT2D eigenvalue weighted by Gasteiger charge is -2.37. The van der Waals surface area contributed by atoms with Gasteiger partial charge in [-0.25, -0.2) is 0 Å². The van der Waals surface area contributed by atoms with E-state index < -0.39 is 0 Å². The van der Waals surface area contributed by atoms with Crippen molar-refractivity contribution >= 4 is 5.96 Å². The molecule has 0 aliphatic carbocycles. The molecule has 0 aromatic carbocycles. The highest BCUT2D eigenvalue weighted by atomic mass is 16.5. The quantitative estimate of drug-likeness (QED) is 0.585. The Morgan fingerprint density at radius 2 is 2.08 bits per heavy atom. The number of nitrogens with one attached hydrogen (secondary N) is 2. The van der Waals surface area contributed by atoms with Crippen molar-refractivity contribution in [3.05, 3.63) is 24.2 Å². The van der Waals surface area contributed by atoms with Gasteiger partial charge in [-0.1, -0.05) is 13.3 Å². The van der Waals surface area contributed by atoms with Gasteiger partial charge in [-0.3, -0.25) is 9.89 Å². The van der Waals surface area contributed by atoms with Crippen LogP contribution in [-0.4, -0.2) is 56.8 Å². The van der Waals surface area contributed by atoms with Crippen LogP contribution in [0.2, 0.25) is 0 Å². The minimum Gasteiger partial charge on any atom is -0.468 e. The van der Waals surface area contributed by atoms with Crippen LogP contribution in [0.5, 0.6) is 0 Å². The van der Waals surface area contributed by atoms with E-state index in [1.165, 1.54) is 19.3 Å². The zero-order valence-corrected chi connectivity index (χ0v) is 15.6. The van der Waals surface area contributed by atoms with Crippen molar-refractivity contribution in [1.29, 1.82) is 0 Å². The predicted octanol–water partition coefficient (Wildman–Crippen LogP) is 2.40. The molecule has 1 aromatic heterocycles. The summed E-state index contributed by atoms with van der Waals surface area (Å²) >= 11 is 0. The maximum Gasteiger partial charge on any atom is 0.191 e. The second kappa shape index (κ2) is 8.72. The topological polar surface area (TPSA) is 62.0 Å². The summed E-state index contributed by atoms with van der Waals surface area (Å²) < 4.78 is 11.1. The number of piperidine rings is 1. The predicted molar refractivity (Wildman–Crippen MR) is 99.8 cm³/mol. The number of ether oxygens (including phenoxy) is 1. The zero-order valence-electron chi connectivity index (χ0n) is 15.6. The summed E-state index contributed by atoms with van der Waals surface area (Å²) in [6, 6.07) is 4.31. The van der Waals surface area contributed by atoms with Gasteiger partial charge in [0.05, 0.1) is 32.1 Å². The van der Waals surface area contributed by atoms with Gasteiger partial charge in [0, 0.05) is 18.5 Å². The Bertz CT molecular complexity index is 534. The third kappa shape index (κ3) is 4.98. The minimum atomic E-state index is 0.190. The maximum absolute atomic E-state index is 5.72. The van der Waals surface area contributed by atoms with Crippen LogP contribution in [0.15, 0.2) is 27.8 Å². The summed E-state index contributed by atoms with van der Waals surface area (Å²) in [4.78, 5) is 7.30. The highest BCUT2D eigenvalue weighted by Gasteiger charge is 2.33. The average molecular weight is 348 g/mol. The first-order chi connectivity index (χ1) is 12.2. The molecule has 6 nitrogen and oxygen atoms in total. The van der Waals surface area contributed by atoms with Crippen LogP contribution in [0.3, 0.4) is 0 Å². The van der Waals surface area contributed by atoms with E-state index >= 15 is 0 Å². The fraction of sp³-hybridized carbons (Fsp3) is 0.737. The molecule has 25 heavy (non-hydrogen) atoms. The molecule has 0 saturated carbocycles. The third-order valence-electron chi connectivity index (χ3n) is 5.03. The van der Waals surface area contributed by atoms with Crippen molar-refractivity contribution in [3.8, 4) is 0 Å². The van der Waals surface area contributed by atoms with Gasteiger partial charge in [0.2, 0.25) is 0 Å². The Kier molecular flexibility index (Phi) is 6.37. The average Bonchev–Trinajstić information content (AvgIpc) is 3.13. The molecule has 2 N–H and O–H groups in total. The lowest BCUT2D eigenvalue weighted by atomic mass is 9.89. The number of likely N-dealkylation sites (tertiary alicyclic amines) is 1. The van der Waals surface area contributed by atoms with Crippen LogP contribution in [0.4, 0.5) is 0 Å². The Labute approximate surface area is 151 Å². The lowest BCUT2D eigenvalue weighted by Crippen LogP contribution is -2.46. The molecule has 1 aromatic rings. The van der Waals surface area contributed by atoms with E-state index in [0.29, 0.717) is 0 Å². The molecule has 3 heterocycles. The maximum atomic E-state index is 5.72. The fourth-order valence-electron chi connectivity index (χ4n) is 3.47. The van der Waals surface area contributed by atoms with Gasteiger partial charge >= 0.3 is 0 Å². The summed E-state index contributed by atoms with van der Waals surface area (Å²) in [7, 11) is 0. The number of nitrogens with zero attached hydrogens (tertiary/aromatic N) is 2. The van der Waals surface area contributed by atoms with Crippen LogP contribution in [0.25, 0.3) is 0 Å². The first kappa shape index (κ1) is 18.3. The summed E-state index contributed by atoms with van der Waals surface area (Å²) in [6.45, 7) is 10.6. The second-order valence-corrected chi connectivity index (χ2v) is 7.51. The van der Waals surface area contributed by atoms with E-state index in [0.717, 1.165) is 57.7 Å². The molecular formula is C19H32N4O2. The Hall–Kier alpha value is -1.53. The van der Waals surface area contributed by atoms with Crippen LogP contribution in [0.1, 0.15) is 44.9 Å². The van der Waals surface area contributed by atoms with Crippen molar-refractivity contribution < 1.29 is 9.15 Å². The molecule has 1 atom stereocenters. The Morgan fingerprint density at radius 1 is 1.28 bits per heavy atom. The Morgan fingerprint density at radius 3 is 2.68 bits per heavy atom. The molecule has 0 amide bonds. The molecule has 0 spiro atoms. The summed E-state index contributed by atoms with van der Waals surface area (Å²) in [5, 5.41) is 6.88. The van der Waals surface area contributed by atoms with Gasteiger partial charge < -0.3 is 19.8 Å². The van der Waals surface area contributed by atoms with Crippen LogP contribution >= 0.6 is 0 Å². The molecule has 6 heteroatoms. The smallest absolute Gasteiger partial charge is 0.191 e. The van der Waals surface area contributed by atoms with Crippen molar-refractivity contribution in [3.63, 3.8) is 0 Å². The van der Waals surface area contributed by atoms with Gasteiger partial charge in [-0.05, 0) is 45.0 Å². The summed E-state index contributed by atoms with van der Waals surface area (Å²) in [5.74, 6) is 1.91. The molecule has 2 fully saturated rings. The van der Waals surface area contributed by atoms with E-state index in [1.54, 1.807) is 6.26 Å². The molecule has 2 aliphatic heterocycles. The molecule has 1 unspecified atom stereocenters. The number of hydrogen-bond donors (Lipinski definition) is 2. The lowest BCUT2D eigenvalue weighted by molar-refractivity contribution is -0.0945. The van der Waals surface area contributed by atoms with Gasteiger partial charge in [-0.15, -0.1) is 0 Å². The molecule has 0 radical (unpaired) electrons. The van der Waals surface area contributed by atoms with Gasteiger partial charge in [0.15, 0.2) is 5.96 Å². The van der Waals surface area contributed by atoms with Crippen molar-refractivity contribution in [2.24, 2.45) is 10.4 Å². The number of aliphatic imine (C=N–C) groups is 1. The van der Waals surface area contributed by atoms with Gasteiger partial charge in [-0.2, -0.15) is 0 Å². The number of rotatable bonds is 7. The van der Waals surface area contributed by atoms with Crippen molar-refractivity contribution in [2.45, 2.75) is 39.2 Å².